The van der Waals surface area contributed by atoms with Crippen LogP contribution in [0.1, 0.15) is 49.8 Å². The van der Waals surface area contributed by atoms with Crippen molar-refractivity contribution in [3.8, 4) is 0 Å². The number of furan rings is 1. The number of carbonyl (C=O) groups excluding carboxylic acids is 1. The monoisotopic (exact) mass is 456 g/mol. The molecule has 2 fully saturated rings. The zero-order valence-corrected chi connectivity index (χ0v) is 19.1. The van der Waals surface area contributed by atoms with Crippen molar-refractivity contribution in [3.05, 3.63) is 53.5 Å². The Labute approximate surface area is 188 Å². The van der Waals surface area contributed by atoms with E-state index in [1.807, 2.05) is 0 Å². The molecule has 1 aromatic heterocycles. The fraction of sp³-hybridized carbons (Fsp3) is 0.458. The molecule has 3 heterocycles. The summed E-state index contributed by atoms with van der Waals surface area (Å²) in [6.45, 7) is 1.06. The summed E-state index contributed by atoms with van der Waals surface area (Å²) in [7, 11) is -2.08. The largest absolute Gasteiger partial charge is 0.468 e. The van der Waals surface area contributed by atoms with Gasteiger partial charge in [0.25, 0.3) is 5.91 Å². The Morgan fingerprint density at radius 1 is 1.16 bits per heavy atom. The van der Waals surface area contributed by atoms with E-state index < -0.39 is 10.0 Å². The molecule has 0 N–H and O–H groups in total. The quantitative estimate of drug-likeness (QED) is 0.615. The number of sulfonamides is 1. The number of carbonyl (C=O) groups is 1. The third-order valence-corrected chi connectivity index (χ3v) is 8.47. The second-order valence-electron chi connectivity index (χ2n) is 8.74. The van der Waals surface area contributed by atoms with Crippen LogP contribution in [0.2, 0.25) is 0 Å². The van der Waals surface area contributed by atoms with E-state index in [1.165, 1.54) is 4.31 Å². The zero-order chi connectivity index (χ0) is 22.3. The van der Waals surface area contributed by atoms with E-state index >= 15 is 0 Å². The first kappa shape index (κ1) is 21.4. The Kier molecular flexibility index (Phi) is 5.69. The number of fused-ring (bicyclic) bond motifs is 1. The second-order valence-corrected chi connectivity index (χ2v) is 10.7. The Bertz CT molecular complexity index is 1140. The average Bonchev–Trinajstić information content (AvgIpc) is 3.57. The molecule has 2 aromatic rings. The molecule has 2 aliphatic heterocycles. The molecule has 1 amide bonds. The minimum Gasteiger partial charge on any atom is -0.468 e. The summed E-state index contributed by atoms with van der Waals surface area (Å²) >= 11 is 0. The number of hydrogen-bond acceptors (Lipinski definition) is 5. The number of amides is 1. The Hall–Kier alpha value is -2.42. The van der Waals surface area contributed by atoms with Gasteiger partial charge in [-0.25, -0.2) is 8.42 Å². The second kappa shape index (κ2) is 8.50. The van der Waals surface area contributed by atoms with Crippen LogP contribution in [0.4, 0.5) is 5.69 Å². The standard InChI is InChI=1S/C24H28N2O5S/c1-25-22-11-10-20(14-21(22)23(24(25)27)17-6-2-3-7-17)32(28,29)26(15-18-8-4-12-30-18)16-19-9-5-13-31-19/h4,8,10-12,14,19H,2-3,5-7,9,13,15-16H2,1H3. The molecule has 0 spiro atoms. The van der Waals surface area contributed by atoms with E-state index in [0.29, 0.717) is 17.9 Å². The number of hydrogen-bond donors (Lipinski definition) is 0. The summed E-state index contributed by atoms with van der Waals surface area (Å²) in [5, 5.41) is 0. The van der Waals surface area contributed by atoms with E-state index in [-0.39, 0.29) is 30.0 Å². The maximum Gasteiger partial charge on any atom is 0.258 e. The molecule has 0 radical (unpaired) electrons. The number of rotatable bonds is 6. The highest BCUT2D eigenvalue weighted by atomic mass is 32.2. The van der Waals surface area contributed by atoms with E-state index in [1.54, 1.807) is 48.5 Å². The van der Waals surface area contributed by atoms with Crippen LogP contribution >= 0.6 is 0 Å². The molecule has 8 heteroatoms. The van der Waals surface area contributed by atoms with Crippen LogP contribution in [0.3, 0.4) is 0 Å². The van der Waals surface area contributed by atoms with Crippen LogP contribution < -0.4 is 4.90 Å². The predicted molar refractivity (Wildman–Crippen MR) is 121 cm³/mol. The zero-order valence-electron chi connectivity index (χ0n) is 18.2. The predicted octanol–water partition coefficient (Wildman–Crippen LogP) is 3.95. The van der Waals surface area contributed by atoms with Gasteiger partial charge in [-0.15, -0.1) is 0 Å². The Balaban J connectivity index is 1.53. The van der Waals surface area contributed by atoms with E-state index in [0.717, 1.165) is 55.3 Å². The van der Waals surface area contributed by atoms with Gasteiger partial charge in [0.2, 0.25) is 10.0 Å². The summed E-state index contributed by atoms with van der Waals surface area (Å²) in [6, 6.07) is 8.56. The SMILES string of the molecule is CN1C(=O)C(=C2CCCC2)c2cc(S(=O)(=O)N(Cc3ccco3)CC3CCCO3)ccc21. The van der Waals surface area contributed by atoms with Gasteiger partial charge in [0, 0.05) is 31.3 Å². The van der Waals surface area contributed by atoms with Gasteiger partial charge in [-0.2, -0.15) is 4.31 Å². The molecule has 3 aliphatic rings. The first-order valence-corrected chi connectivity index (χ1v) is 12.7. The third-order valence-electron chi connectivity index (χ3n) is 6.66. The highest BCUT2D eigenvalue weighted by Gasteiger charge is 2.36. The molecule has 5 rings (SSSR count). The van der Waals surface area contributed by atoms with Crippen molar-refractivity contribution in [1.29, 1.82) is 0 Å². The van der Waals surface area contributed by atoms with Crippen molar-refractivity contribution in [2.24, 2.45) is 0 Å². The minimum atomic E-state index is -3.83. The molecule has 1 saturated heterocycles. The normalized spacial score (nSPS) is 21.2. The van der Waals surface area contributed by atoms with Crippen molar-refractivity contribution in [2.75, 3.05) is 25.1 Å². The van der Waals surface area contributed by atoms with Crippen molar-refractivity contribution >= 4 is 27.2 Å². The fourth-order valence-corrected chi connectivity index (χ4v) is 6.41. The molecule has 1 aliphatic carbocycles. The first-order chi connectivity index (χ1) is 15.4. The van der Waals surface area contributed by atoms with E-state index in [4.69, 9.17) is 9.15 Å². The van der Waals surface area contributed by atoms with Crippen LogP contribution in [-0.2, 0) is 26.1 Å². The maximum absolute atomic E-state index is 13.8. The molecule has 1 aromatic carbocycles. The Morgan fingerprint density at radius 3 is 2.66 bits per heavy atom. The van der Waals surface area contributed by atoms with Gasteiger partial charge in [0.15, 0.2) is 0 Å². The Morgan fingerprint density at radius 2 is 1.97 bits per heavy atom. The van der Waals surface area contributed by atoms with Crippen LogP contribution in [-0.4, -0.2) is 44.9 Å². The topological polar surface area (TPSA) is 80.1 Å². The van der Waals surface area contributed by atoms with E-state index in [2.05, 4.69) is 0 Å². The van der Waals surface area contributed by atoms with Gasteiger partial charge < -0.3 is 14.1 Å². The van der Waals surface area contributed by atoms with Gasteiger partial charge >= 0.3 is 0 Å². The fourth-order valence-electron chi connectivity index (χ4n) is 4.94. The number of anilines is 1. The summed E-state index contributed by atoms with van der Waals surface area (Å²) < 4.78 is 40.1. The van der Waals surface area contributed by atoms with Gasteiger partial charge in [-0.1, -0.05) is 5.57 Å². The lowest BCUT2D eigenvalue weighted by molar-refractivity contribution is -0.112. The molecule has 170 valence electrons. The molecule has 32 heavy (non-hydrogen) atoms. The molecule has 1 atom stereocenters. The lowest BCUT2D eigenvalue weighted by Gasteiger charge is -2.24. The van der Waals surface area contributed by atoms with Crippen molar-refractivity contribution in [1.82, 2.24) is 4.31 Å². The molecule has 0 bridgehead atoms. The summed E-state index contributed by atoms with van der Waals surface area (Å²) in [5.41, 5.74) is 3.32. The number of benzene rings is 1. The smallest absolute Gasteiger partial charge is 0.258 e. The maximum atomic E-state index is 13.8. The van der Waals surface area contributed by atoms with Crippen LogP contribution in [0.15, 0.2) is 51.5 Å². The average molecular weight is 457 g/mol. The summed E-state index contributed by atoms with van der Waals surface area (Å²) in [5.74, 6) is 0.537. The van der Waals surface area contributed by atoms with Crippen molar-refractivity contribution < 1.29 is 22.4 Å². The number of ether oxygens (including phenoxy) is 1. The highest BCUT2D eigenvalue weighted by Crippen LogP contribution is 2.43. The van der Waals surface area contributed by atoms with Crippen LogP contribution in [0.5, 0.6) is 0 Å². The number of nitrogens with zero attached hydrogens (tertiary/aromatic N) is 2. The molecular formula is C24H28N2O5S. The third kappa shape index (κ3) is 3.80. The number of likely N-dealkylation sites (N-methyl/N-ethyl adjacent to an activating group) is 1. The molecule has 1 unspecified atom stereocenters. The highest BCUT2D eigenvalue weighted by molar-refractivity contribution is 7.89. The van der Waals surface area contributed by atoms with Gasteiger partial charge in [0.1, 0.15) is 5.76 Å². The molecule has 1 saturated carbocycles. The van der Waals surface area contributed by atoms with Crippen LogP contribution in [0.25, 0.3) is 5.57 Å². The van der Waals surface area contributed by atoms with Gasteiger partial charge in [-0.3, -0.25) is 4.79 Å². The van der Waals surface area contributed by atoms with Crippen LogP contribution in [0, 0.1) is 0 Å². The first-order valence-electron chi connectivity index (χ1n) is 11.2. The summed E-state index contributed by atoms with van der Waals surface area (Å²) in [4.78, 5) is 14.8. The lowest BCUT2D eigenvalue weighted by atomic mass is 10.00. The molecule has 7 nitrogen and oxygen atoms in total. The van der Waals surface area contributed by atoms with Crippen molar-refractivity contribution in [2.45, 2.75) is 56.1 Å². The van der Waals surface area contributed by atoms with Gasteiger partial charge in [0.05, 0.1) is 29.5 Å². The minimum absolute atomic E-state index is 0.0433. The number of allylic oxidation sites excluding steroid dienone is 1. The molecular weight excluding hydrogens is 428 g/mol. The van der Waals surface area contributed by atoms with Gasteiger partial charge in [-0.05, 0) is 68.9 Å². The van der Waals surface area contributed by atoms with E-state index in [9.17, 15) is 13.2 Å². The van der Waals surface area contributed by atoms with Crippen molar-refractivity contribution in [3.63, 3.8) is 0 Å². The summed E-state index contributed by atoms with van der Waals surface area (Å²) in [6.07, 6.45) is 7.13. The lowest BCUT2D eigenvalue weighted by Crippen LogP contribution is -2.36.